The first kappa shape index (κ1) is 11.3. The fourth-order valence-electron chi connectivity index (χ4n) is 1.63. The number of hydrogen-bond acceptors (Lipinski definition) is 2. The van der Waals surface area contributed by atoms with Crippen molar-refractivity contribution in [2.24, 2.45) is 5.92 Å². The minimum atomic E-state index is 0.164. The third kappa shape index (κ3) is 6.70. The van der Waals surface area contributed by atoms with Gasteiger partial charge < -0.3 is 4.90 Å². The molecule has 1 nitrogen and oxygen atoms in total. The lowest BCUT2D eigenvalue weighted by atomic mass is 9.97. The Morgan fingerprint density at radius 3 is 2.09 bits per heavy atom. The minimum absolute atomic E-state index is 0.164. The van der Waals surface area contributed by atoms with Gasteiger partial charge in [-0.15, -0.1) is 0 Å². The molecule has 0 saturated heterocycles. The molecule has 0 spiro atoms. The predicted octanol–water partition coefficient (Wildman–Crippen LogP) is 2.28. The fourth-order valence-corrected chi connectivity index (χ4v) is 2.27. The van der Waals surface area contributed by atoms with Gasteiger partial charge in [0.25, 0.3) is 0 Å². The first-order valence-electron chi connectivity index (χ1n) is 4.20. The van der Waals surface area contributed by atoms with Gasteiger partial charge in [0.2, 0.25) is 0 Å². The molecule has 0 aromatic rings. The molecular formula is C9H21NS. The molecule has 11 heavy (non-hydrogen) atoms. The van der Waals surface area contributed by atoms with E-state index in [9.17, 15) is 0 Å². The summed E-state index contributed by atoms with van der Waals surface area (Å²) in [6.07, 6.45) is 1.17. The van der Waals surface area contributed by atoms with E-state index in [0.717, 1.165) is 12.5 Å². The molecule has 0 heterocycles. The first-order chi connectivity index (χ1) is 4.83. The summed E-state index contributed by atoms with van der Waals surface area (Å²) in [7, 11) is 4.18. The lowest BCUT2D eigenvalue weighted by Gasteiger charge is -2.28. The van der Waals surface area contributed by atoms with Gasteiger partial charge in [0.05, 0.1) is 0 Å². The average Bonchev–Trinajstić information content (AvgIpc) is 1.53. The summed E-state index contributed by atoms with van der Waals surface area (Å²) in [5, 5.41) is 0. The Morgan fingerprint density at radius 1 is 1.36 bits per heavy atom. The molecule has 0 aliphatic heterocycles. The second-order valence-corrected chi connectivity index (χ2v) is 5.41. The normalized spacial score (nSPS) is 17.5. The smallest absolute Gasteiger partial charge is 0.0230 e. The highest BCUT2D eigenvalue weighted by molar-refractivity contribution is 7.81. The van der Waals surface area contributed by atoms with Gasteiger partial charge in [0.15, 0.2) is 0 Å². The van der Waals surface area contributed by atoms with Crippen molar-refractivity contribution in [1.29, 1.82) is 0 Å². The lowest BCUT2D eigenvalue weighted by molar-refractivity contribution is 0.332. The number of thiol groups is 1. The molecule has 0 rings (SSSR count). The molecule has 68 valence electrons. The van der Waals surface area contributed by atoms with Crippen molar-refractivity contribution in [2.75, 3.05) is 20.6 Å². The van der Waals surface area contributed by atoms with Crippen molar-refractivity contribution >= 4 is 12.6 Å². The van der Waals surface area contributed by atoms with Crippen LogP contribution in [0.5, 0.6) is 0 Å². The molecule has 1 unspecified atom stereocenters. The molecule has 0 bridgehead atoms. The number of hydrogen-bond donors (Lipinski definition) is 1. The van der Waals surface area contributed by atoms with E-state index in [1.807, 2.05) is 0 Å². The summed E-state index contributed by atoms with van der Waals surface area (Å²) in [4.78, 5) is 2.19. The predicted molar refractivity (Wildman–Crippen MR) is 55.4 cm³/mol. The van der Waals surface area contributed by atoms with Gasteiger partial charge in [0, 0.05) is 11.3 Å². The van der Waals surface area contributed by atoms with Gasteiger partial charge in [-0.1, -0.05) is 13.8 Å². The topological polar surface area (TPSA) is 3.24 Å². The molecule has 0 aromatic heterocycles. The summed E-state index contributed by atoms with van der Waals surface area (Å²) in [5.41, 5.74) is 0. The van der Waals surface area contributed by atoms with E-state index in [0.29, 0.717) is 0 Å². The maximum Gasteiger partial charge on any atom is 0.0230 e. The molecule has 0 aromatic carbocycles. The molecule has 0 aliphatic carbocycles. The van der Waals surface area contributed by atoms with E-state index in [1.165, 1.54) is 6.42 Å². The Hall–Kier alpha value is 0.310. The second kappa shape index (κ2) is 4.36. The van der Waals surface area contributed by atoms with Gasteiger partial charge in [-0.2, -0.15) is 12.6 Å². The van der Waals surface area contributed by atoms with Crippen LogP contribution in [-0.2, 0) is 0 Å². The van der Waals surface area contributed by atoms with Crippen LogP contribution in [0.4, 0.5) is 0 Å². The lowest BCUT2D eigenvalue weighted by Crippen LogP contribution is -2.33. The SMILES string of the molecule is CC(C)CC(C)(S)CN(C)C. The highest BCUT2D eigenvalue weighted by atomic mass is 32.1. The molecule has 1 atom stereocenters. The van der Waals surface area contributed by atoms with Crippen LogP contribution < -0.4 is 0 Å². The van der Waals surface area contributed by atoms with Gasteiger partial charge >= 0.3 is 0 Å². The van der Waals surface area contributed by atoms with Gasteiger partial charge in [-0.25, -0.2) is 0 Å². The quantitative estimate of drug-likeness (QED) is 0.642. The van der Waals surface area contributed by atoms with E-state index in [2.05, 4.69) is 52.4 Å². The van der Waals surface area contributed by atoms with Crippen molar-refractivity contribution in [3.63, 3.8) is 0 Å². The Labute approximate surface area is 76.6 Å². The molecule has 0 saturated carbocycles. The molecule has 0 aliphatic rings. The third-order valence-corrected chi connectivity index (χ3v) is 1.83. The average molecular weight is 175 g/mol. The van der Waals surface area contributed by atoms with Crippen LogP contribution in [0.15, 0.2) is 0 Å². The largest absolute Gasteiger partial charge is 0.308 e. The molecular weight excluding hydrogens is 154 g/mol. The minimum Gasteiger partial charge on any atom is -0.308 e. The van der Waals surface area contributed by atoms with E-state index < -0.39 is 0 Å². The van der Waals surface area contributed by atoms with Crippen molar-refractivity contribution in [3.8, 4) is 0 Å². The zero-order valence-electron chi connectivity index (χ0n) is 8.39. The Morgan fingerprint density at radius 2 is 1.82 bits per heavy atom. The zero-order chi connectivity index (χ0) is 9.07. The van der Waals surface area contributed by atoms with Crippen molar-refractivity contribution in [2.45, 2.75) is 31.9 Å². The summed E-state index contributed by atoms with van der Waals surface area (Å²) in [5.74, 6) is 0.734. The van der Waals surface area contributed by atoms with E-state index >= 15 is 0 Å². The van der Waals surface area contributed by atoms with E-state index in [4.69, 9.17) is 0 Å². The molecule has 0 N–H and O–H groups in total. The van der Waals surface area contributed by atoms with Gasteiger partial charge in [-0.3, -0.25) is 0 Å². The van der Waals surface area contributed by atoms with Crippen LogP contribution in [0.25, 0.3) is 0 Å². The number of rotatable bonds is 4. The molecule has 2 heteroatoms. The second-order valence-electron chi connectivity index (χ2n) is 4.33. The van der Waals surface area contributed by atoms with E-state index in [1.54, 1.807) is 0 Å². The van der Waals surface area contributed by atoms with Crippen molar-refractivity contribution in [3.05, 3.63) is 0 Å². The highest BCUT2D eigenvalue weighted by Crippen LogP contribution is 2.23. The van der Waals surface area contributed by atoms with Crippen molar-refractivity contribution < 1.29 is 0 Å². The Balaban J connectivity index is 3.79. The van der Waals surface area contributed by atoms with Crippen LogP contribution >= 0.6 is 12.6 Å². The van der Waals surface area contributed by atoms with Crippen LogP contribution in [0.1, 0.15) is 27.2 Å². The van der Waals surface area contributed by atoms with Crippen LogP contribution in [0, 0.1) is 5.92 Å². The Bertz CT molecular complexity index is 96.1. The number of nitrogens with zero attached hydrogens (tertiary/aromatic N) is 1. The maximum absolute atomic E-state index is 4.62. The van der Waals surface area contributed by atoms with Crippen LogP contribution in [0.3, 0.4) is 0 Å². The monoisotopic (exact) mass is 175 g/mol. The zero-order valence-corrected chi connectivity index (χ0v) is 9.28. The molecule has 0 radical (unpaired) electrons. The van der Waals surface area contributed by atoms with Crippen molar-refractivity contribution in [1.82, 2.24) is 4.90 Å². The van der Waals surface area contributed by atoms with Gasteiger partial charge in [0.1, 0.15) is 0 Å². The summed E-state index contributed by atoms with van der Waals surface area (Å²) in [6, 6.07) is 0. The fraction of sp³-hybridized carbons (Fsp3) is 1.00. The molecule has 0 amide bonds. The maximum atomic E-state index is 4.62. The van der Waals surface area contributed by atoms with Gasteiger partial charge in [-0.05, 0) is 33.4 Å². The van der Waals surface area contributed by atoms with Crippen LogP contribution in [0.2, 0.25) is 0 Å². The third-order valence-electron chi connectivity index (χ3n) is 1.50. The Kier molecular flexibility index (Phi) is 4.49. The summed E-state index contributed by atoms with van der Waals surface area (Å²) < 4.78 is 0.164. The highest BCUT2D eigenvalue weighted by Gasteiger charge is 2.20. The van der Waals surface area contributed by atoms with E-state index in [-0.39, 0.29) is 4.75 Å². The summed E-state index contributed by atoms with van der Waals surface area (Å²) in [6.45, 7) is 7.73. The first-order valence-corrected chi connectivity index (χ1v) is 4.65. The summed E-state index contributed by atoms with van der Waals surface area (Å²) >= 11 is 4.62. The van der Waals surface area contributed by atoms with Crippen LogP contribution in [-0.4, -0.2) is 30.3 Å². The molecule has 0 fully saturated rings. The standard InChI is InChI=1S/C9H21NS/c1-8(2)6-9(3,11)7-10(4)5/h8,11H,6-7H2,1-5H3.